The van der Waals surface area contributed by atoms with Gasteiger partial charge in [0.2, 0.25) is 0 Å². The van der Waals surface area contributed by atoms with E-state index in [9.17, 15) is 13.0 Å². The van der Waals surface area contributed by atoms with Gasteiger partial charge in [-0.1, -0.05) is 24.3 Å². The van der Waals surface area contributed by atoms with Gasteiger partial charge in [-0.05, 0) is 24.3 Å². The van der Waals surface area contributed by atoms with Gasteiger partial charge in [-0.3, -0.25) is 4.55 Å². The fourth-order valence-corrected chi connectivity index (χ4v) is 3.22. The molecule has 0 amide bonds. The molecular weight excluding hydrogens is 332 g/mol. The minimum Gasteiger partial charge on any atom is -0.493 e. The molecule has 0 saturated heterocycles. The third-order valence-electron chi connectivity index (χ3n) is 3.57. The van der Waals surface area contributed by atoms with Crippen LogP contribution in [0.25, 0.3) is 11.0 Å². The lowest BCUT2D eigenvalue weighted by Crippen LogP contribution is -2.41. The van der Waals surface area contributed by atoms with Crippen LogP contribution in [0.5, 0.6) is 11.5 Å². The van der Waals surface area contributed by atoms with Crippen molar-refractivity contribution in [3.63, 3.8) is 0 Å². The highest BCUT2D eigenvalue weighted by Gasteiger charge is 2.28. The third-order valence-corrected chi connectivity index (χ3v) is 4.38. The normalized spacial score (nSPS) is 11.6. The van der Waals surface area contributed by atoms with Gasteiger partial charge in [-0.15, -0.1) is 0 Å². The highest BCUT2D eigenvalue weighted by molar-refractivity contribution is 7.85. The van der Waals surface area contributed by atoms with Crippen LogP contribution in [-0.2, 0) is 16.7 Å². The fourth-order valence-electron chi connectivity index (χ4n) is 2.52. The smallest absolute Gasteiger partial charge is 0.401 e. The van der Waals surface area contributed by atoms with E-state index in [0.29, 0.717) is 22.5 Å². The van der Waals surface area contributed by atoms with Gasteiger partial charge in [0.25, 0.3) is 0 Å². The molecule has 2 aromatic carbocycles. The average molecular weight is 349 g/mol. The first-order valence-electron chi connectivity index (χ1n) is 7.24. The van der Waals surface area contributed by atoms with Gasteiger partial charge < -0.3 is 9.47 Å². The lowest BCUT2D eigenvalue weighted by Gasteiger charge is -2.09. The summed E-state index contributed by atoms with van der Waals surface area (Å²) in [6, 6.07) is 14.3. The van der Waals surface area contributed by atoms with Crippen LogP contribution in [0.3, 0.4) is 0 Å². The van der Waals surface area contributed by atoms with E-state index in [4.69, 9.17) is 9.47 Å². The highest BCUT2D eigenvalue weighted by Crippen LogP contribution is 2.25. The first-order valence-corrected chi connectivity index (χ1v) is 8.68. The summed E-state index contributed by atoms with van der Waals surface area (Å²) in [6.07, 6.45) is 0. The average Bonchev–Trinajstić information content (AvgIpc) is 2.94. The second-order valence-electron chi connectivity index (χ2n) is 5.07. The van der Waals surface area contributed by atoms with Crippen molar-refractivity contribution >= 4 is 21.2 Å². The van der Waals surface area contributed by atoms with E-state index in [0.717, 1.165) is 0 Å². The van der Waals surface area contributed by atoms with Crippen molar-refractivity contribution in [1.82, 2.24) is 4.98 Å². The monoisotopic (exact) mass is 349 g/mol. The molecule has 24 heavy (non-hydrogen) atoms. The molecule has 0 aliphatic rings. The lowest BCUT2D eigenvalue weighted by molar-refractivity contribution is -0.710. The van der Waals surface area contributed by atoms with E-state index < -0.39 is 10.1 Å². The SMILES string of the molecule is COc1ccccc1OCC[n+]1c(S(=O)(=O)O)[nH]c2ccccc21. The topological polar surface area (TPSA) is 92.5 Å². The molecule has 0 fully saturated rings. The molecule has 8 heteroatoms. The van der Waals surface area contributed by atoms with E-state index in [1.807, 2.05) is 12.1 Å². The number of methoxy groups -OCH3 is 1. The number of hydrogen-bond donors (Lipinski definition) is 2. The lowest BCUT2D eigenvalue weighted by atomic mass is 10.3. The Balaban J connectivity index is 1.87. The summed E-state index contributed by atoms with van der Waals surface area (Å²) >= 11 is 0. The maximum absolute atomic E-state index is 11.6. The Labute approximate surface area is 139 Å². The summed E-state index contributed by atoms with van der Waals surface area (Å²) in [7, 11) is -2.83. The molecule has 0 atom stereocenters. The minimum absolute atomic E-state index is 0.204. The van der Waals surface area contributed by atoms with Gasteiger partial charge in [0.05, 0.1) is 7.11 Å². The van der Waals surface area contributed by atoms with E-state index in [-0.39, 0.29) is 18.3 Å². The quantitative estimate of drug-likeness (QED) is 0.523. The molecular formula is C16H17N2O5S+. The van der Waals surface area contributed by atoms with Gasteiger partial charge in [0.1, 0.15) is 13.2 Å². The number of H-pyrrole nitrogens is 1. The molecule has 1 heterocycles. The van der Waals surface area contributed by atoms with Crippen molar-refractivity contribution in [3.8, 4) is 11.5 Å². The first-order chi connectivity index (χ1) is 11.5. The number of nitrogens with zero attached hydrogens (tertiary/aromatic N) is 1. The standard InChI is InChI=1S/C16H16N2O5S/c1-22-14-8-4-5-9-15(14)23-11-10-18-13-7-3-2-6-12(13)17-16(18)24(19,20)21/h2-9H,10-11H2,1H3,(H,19,20,21)/p+1. The van der Waals surface area contributed by atoms with Crippen LogP contribution < -0.4 is 14.0 Å². The Kier molecular flexibility index (Phi) is 4.41. The summed E-state index contributed by atoms with van der Waals surface area (Å²) in [5, 5.41) is -0.271. The molecule has 0 unspecified atom stereocenters. The van der Waals surface area contributed by atoms with Gasteiger partial charge >= 0.3 is 15.3 Å². The molecule has 126 valence electrons. The van der Waals surface area contributed by atoms with Crippen LogP contribution >= 0.6 is 0 Å². The fraction of sp³-hybridized carbons (Fsp3) is 0.188. The van der Waals surface area contributed by atoms with E-state index in [2.05, 4.69) is 4.98 Å². The zero-order chi connectivity index (χ0) is 17.2. The summed E-state index contributed by atoms with van der Waals surface area (Å²) in [4.78, 5) is 2.72. The van der Waals surface area contributed by atoms with Crippen LogP contribution in [0.4, 0.5) is 0 Å². The Morgan fingerprint density at radius 1 is 1.08 bits per heavy atom. The maximum Gasteiger partial charge on any atom is 0.401 e. The van der Waals surface area contributed by atoms with E-state index >= 15 is 0 Å². The molecule has 2 N–H and O–H groups in total. The summed E-state index contributed by atoms with van der Waals surface area (Å²) in [6.45, 7) is 0.437. The predicted molar refractivity (Wildman–Crippen MR) is 86.8 cm³/mol. The molecule has 3 rings (SSSR count). The van der Waals surface area contributed by atoms with Crippen LogP contribution in [0, 0.1) is 0 Å². The van der Waals surface area contributed by atoms with Crippen LogP contribution in [-0.4, -0.2) is 31.7 Å². The number of para-hydroxylation sites is 4. The molecule has 0 aliphatic carbocycles. The number of aromatic amines is 1. The Hall–Kier alpha value is -2.58. The second kappa shape index (κ2) is 6.50. The van der Waals surface area contributed by atoms with Crippen LogP contribution in [0.2, 0.25) is 0 Å². The maximum atomic E-state index is 11.6. The number of aromatic nitrogens is 2. The van der Waals surface area contributed by atoms with Gasteiger partial charge in [-0.25, -0.2) is 9.55 Å². The number of nitrogens with one attached hydrogen (secondary N) is 1. The minimum atomic E-state index is -4.38. The van der Waals surface area contributed by atoms with E-state index in [1.165, 1.54) is 4.57 Å². The molecule has 7 nitrogen and oxygen atoms in total. The Bertz CT molecular complexity index is 966. The molecule has 1 aromatic heterocycles. The molecule has 0 saturated carbocycles. The Morgan fingerprint density at radius 3 is 2.46 bits per heavy atom. The molecule has 0 aliphatic heterocycles. The zero-order valence-corrected chi connectivity index (χ0v) is 13.8. The second-order valence-corrected chi connectivity index (χ2v) is 6.41. The van der Waals surface area contributed by atoms with Gasteiger partial charge in [0.15, 0.2) is 22.5 Å². The number of imidazole rings is 1. The molecule has 0 radical (unpaired) electrons. The molecule has 0 bridgehead atoms. The summed E-state index contributed by atoms with van der Waals surface area (Å²) in [5.74, 6) is 1.16. The number of fused-ring (bicyclic) bond motifs is 1. The summed E-state index contributed by atoms with van der Waals surface area (Å²) < 4.78 is 45.0. The predicted octanol–water partition coefficient (Wildman–Crippen LogP) is 1.79. The van der Waals surface area contributed by atoms with Gasteiger partial charge in [0, 0.05) is 0 Å². The van der Waals surface area contributed by atoms with E-state index in [1.54, 1.807) is 43.5 Å². The Morgan fingerprint density at radius 2 is 1.75 bits per heavy atom. The van der Waals surface area contributed by atoms with Crippen molar-refractivity contribution in [2.45, 2.75) is 11.7 Å². The zero-order valence-electron chi connectivity index (χ0n) is 13.0. The highest BCUT2D eigenvalue weighted by atomic mass is 32.2. The van der Waals surface area contributed by atoms with Crippen molar-refractivity contribution in [2.75, 3.05) is 13.7 Å². The van der Waals surface area contributed by atoms with Gasteiger partial charge in [-0.2, -0.15) is 8.42 Å². The van der Waals surface area contributed by atoms with Crippen molar-refractivity contribution in [3.05, 3.63) is 48.5 Å². The number of benzene rings is 2. The van der Waals surface area contributed by atoms with Crippen molar-refractivity contribution in [1.29, 1.82) is 0 Å². The first kappa shape index (κ1) is 16.3. The van der Waals surface area contributed by atoms with Crippen LogP contribution in [0.1, 0.15) is 0 Å². The largest absolute Gasteiger partial charge is 0.493 e. The molecule has 3 aromatic rings. The van der Waals surface area contributed by atoms with Crippen molar-refractivity contribution < 1.29 is 27.0 Å². The number of ether oxygens (including phenoxy) is 2. The molecule has 0 spiro atoms. The third kappa shape index (κ3) is 3.19. The number of hydrogen-bond acceptors (Lipinski definition) is 4. The number of rotatable bonds is 6. The summed E-state index contributed by atoms with van der Waals surface area (Å²) in [5.41, 5.74) is 1.27. The van der Waals surface area contributed by atoms with Crippen LogP contribution in [0.15, 0.2) is 53.7 Å². The van der Waals surface area contributed by atoms with Crippen molar-refractivity contribution in [2.24, 2.45) is 0 Å².